The second-order valence-corrected chi connectivity index (χ2v) is 6.25. The third-order valence-electron chi connectivity index (χ3n) is 4.42. The summed E-state index contributed by atoms with van der Waals surface area (Å²) in [6, 6.07) is 16.1. The van der Waals surface area contributed by atoms with E-state index in [-0.39, 0.29) is 11.9 Å². The summed E-state index contributed by atoms with van der Waals surface area (Å²) < 4.78 is 1.93. The molecule has 1 fully saturated rings. The van der Waals surface area contributed by atoms with Gasteiger partial charge in [0.15, 0.2) is 0 Å². The molecule has 1 amide bonds. The molecule has 0 bridgehead atoms. The normalized spacial score (nSPS) is 17.2. The minimum absolute atomic E-state index is 0.0000719. The Balaban J connectivity index is 1.44. The van der Waals surface area contributed by atoms with Gasteiger partial charge >= 0.3 is 0 Å². The van der Waals surface area contributed by atoms with E-state index in [9.17, 15) is 4.79 Å². The Morgan fingerprint density at radius 2 is 2.04 bits per heavy atom. The van der Waals surface area contributed by atoms with Crippen LogP contribution in [0.2, 0.25) is 0 Å². The lowest BCUT2D eigenvalue weighted by atomic mass is 10.1. The van der Waals surface area contributed by atoms with Crippen molar-refractivity contribution < 1.29 is 4.79 Å². The van der Waals surface area contributed by atoms with Crippen molar-refractivity contribution >= 4 is 16.8 Å². The fraction of sp³-hybridized carbons (Fsp3) is 0.263. The lowest BCUT2D eigenvalue weighted by molar-refractivity contribution is 0.0940. The van der Waals surface area contributed by atoms with Gasteiger partial charge in [0.25, 0.3) is 5.91 Å². The van der Waals surface area contributed by atoms with Crippen LogP contribution in [0.4, 0.5) is 0 Å². The first kappa shape index (κ1) is 14.9. The van der Waals surface area contributed by atoms with Crippen LogP contribution in [0.3, 0.4) is 0 Å². The molecule has 2 aromatic carbocycles. The lowest BCUT2D eigenvalue weighted by Gasteiger charge is -2.11. The zero-order chi connectivity index (χ0) is 16.4. The van der Waals surface area contributed by atoms with Crippen molar-refractivity contribution in [3.05, 3.63) is 65.9 Å². The van der Waals surface area contributed by atoms with Gasteiger partial charge in [0.1, 0.15) is 0 Å². The van der Waals surface area contributed by atoms with E-state index in [1.165, 1.54) is 0 Å². The Kier molecular flexibility index (Phi) is 4.01. The van der Waals surface area contributed by atoms with Crippen LogP contribution >= 0.6 is 0 Å². The second-order valence-electron chi connectivity index (χ2n) is 6.25. The van der Waals surface area contributed by atoms with E-state index in [0.29, 0.717) is 12.1 Å². The summed E-state index contributed by atoms with van der Waals surface area (Å²) in [5.41, 5.74) is 2.83. The maximum absolute atomic E-state index is 12.2. The largest absolute Gasteiger partial charge is 0.348 e. The number of rotatable bonds is 4. The summed E-state index contributed by atoms with van der Waals surface area (Å²) >= 11 is 0. The molecule has 5 heteroatoms. The Bertz CT molecular complexity index is 814. The molecule has 3 aromatic rings. The molecule has 1 aliphatic rings. The van der Waals surface area contributed by atoms with E-state index >= 15 is 0 Å². The fourth-order valence-corrected chi connectivity index (χ4v) is 3.09. The number of nitrogens with one attached hydrogen (secondary N) is 2. The predicted octanol–water partition coefficient (Wildman–Crippen LogP) is 2.18. The number of carbonyl (C=O) groups is 1. The Labute approximate surface area is 140 Å². The molecule has 1 unspecified atom stereocenters. The zero-order valence-corrected chi connectivity index (χ0v) is 13.4. The van der Waals surface area contributed by atoms with Gasteiger partial charge in [-0.15, -0.1) is 0 Å². The first-order valence-corrected chi connectivity index (χ1v) is 8.31. The minimum atomic E-state index is 0.0000719. The second kappa shape index (κ2) is 6.45. The highest BCUT2D eigenvalue weighted by molar-refractivity contribution is 5.94. The number of hydrogen-bond acceptors (Lipinski definition) is 3. The fourth-order valence-electron chi connectivity index (χ4n) is 3.09. The molecule has 1 atom stereocenters. The standard InChI is InChI=1S/C19H20N4O/c24-19(21-17-9-10-20-11-17)15-7-5-14(6-8-15)12-23-13-16-3-1-2-4-18(16)22-23/h1-8,13,17,20H,9-12H2,(H,21,24). The Morgan fingerprint density at radius 3 is 2.79 bits per heavy atom. The first-order chi connectivity index (χ1) is 11.8. The van der Waals surface area contributed by atoms with Gasteiger partial charge in [-0.3, -0.25) is 9.48 Å². The molecule has 122 valence electrons. The molecule has 4 rings (SSSR count). The summed E-state index contributed by atoms with van der Waals surface area (Å²) in [4.78, 5) is 12.2. The molecule has 0 radical (unpaired) electrons. The molecule has 5 nitrogen and oxygen atoms in total. The predicted molar refractivity (Wildman–Crippen MR) is 94.0 cm³/mol. The van der Waals surface area contributed by atoms with E-state index in [1.807, 2.05) is 53.3 Å². The van der Waals surface area contributed by atoms with Gasteiger partial charge in [-0.2, -0.15) is 5.10 Å². The van der Waals surface area contributed by atoms with E-state index in [1.54, 1.807) is 0 Å². The quantitative estimate of drug-likeness (QED) is 0.774. The number of nitrogens with zero attached hydrogens (tertiary/aromatic N) is 2. The Hall–Kier alpha value is -2.66. The Morgan fingerprint density at radius 1 is 1.21 bits per heavy atom. The zero-order valence-electron chi connectivity index (χ0n) is 13.4. The SMILES string of the molecule is O=C(NC1CCNC1)c1ccc(Cn2cc3ccccc3n2)cc1. The van der Waals surface area contributed by atoms with Crippen molar-refractivity contribution in [2.75, 3.05) is 13.1 Å². The van der Waals surface area contributed by atoms with Crippen molar-refractivity contribution in [1.82, 2.24) is 20.4 Å². The molecule has 2 N–H and O–H groups in total. The molecule has 0 saturated carbocycles. The van der Waals surface area contributed by atoms with Gasteiger partial charge in [0, 0.05) is 29.7 Å². The maximum Gasteiger partial charge on any atom is 0.251 e. The molecular weight excluding hydrogens is 300 g/mol. The molecular formula is C19H20N4O. The summed E-state index contributed by atoms with van der Waals surface area (Å²) in [7, 11) is 0. The molecule has 1 aliphatic heterocycles. The topological polar surface area (TPSA) is 59.0 Å². The molecule has 2 heterocycles. The molecule has 1 aromatic heterocycles. The lowest BCUT2D eigenvalue weighted by Crippen LogP contribution is -2.36. The van der Waals surface area contributed by atoms with Crippen molar-refractivity contribution in [2.45, 2.75) is 19.0 Å². The van der Waals surface area contributed by atoms with Crippen LogP contribution in [0, 0.1) is 0 Å². The van der Waals surface area contributed by atoms with E-state index in [0.717, 1.165) is 36.0 Å². The average Bonchev–Trinajstić information content (AvgIpc) is 3.24. The van der Waals surface area contributed by atoms with Crippen LogP contribution in [0.25, 0.3) is 10.9 Å². The van der Waals surface area contributed by atoms with Gasteiger partial charge < -0.3 is 10.6 Å². The van der Waals surface area contributed by atoms with E-state index in [2.05, 4.69) is 21.8 Å². The van der Waals surface area contributed by atoms with Crippen LogP contribution in [-0.2, 0) is 6.54 Å². The van der Waals surface area contributed by atoms with Crippen LogP contribution in [-0.4, -0.2) is 34.8 Å². The number of fused-ring (bicyclic) bond motifs is 1. The van der Waals surface area contributed by atoms with E-state index in [4.69, 9.17) is 0 Å². The van der Waals surface area contributed by atoms with Crippen LogP contribution in [0.15, 0.2) is 54.7 Å². The highest BCUT2D eigenvalue weighted by Gasteiger charge is 2.17. The summed E-state index contributed by atoms with van der Waals surface area (Å²) in [5.74, 6) is 0.0000719. The molecule has 1 saturated heterocycles. The van der Waals surface area contributed by atoms with Crippen molar-refractivity contribution in [3.8, 4) is 0 Å². The van der Waals surface area contributed by atoms with Gasteiger partial charge in [-0.1, -0.05) is 30.3 Å². The molecule has 0 spiro atoms. The van der Waals surface area contributed by atoms with Crippen molar-refractivity contribution in [3.63, 3.8) is 0 Å². The highest BCUT2D eigenvalue weighted by Crippen LogP contribution is 2.13. The first-order valence-electron chi connectivity index (χ1n) is 8.31. The number of amides is 1. The van der Waals surface area contributed by atoms with Crippen molar-refractivity contribution in [1.29, 1.82) is 0 Å². The number of benzene rings is 2. The van der Waals surface area contributed by atoms with E-state index < -0.39 is 0 Å². The summed E-state index contributed by atoms with van der Waals surface area (Å²) in [6.07, 6.45) is 3.04. The molecule has 24 heavy (non-hydrogen) atoms. The number of aromatic nitrogens is 2. The molecule has 0 aliphatic carbocycles. The van der Waals surface area contributed by atoms with Crippen LogP contribution in [0.1, 0.15) is 22.3 Å². The van der Waals surface area contributed by atoms with Crippen molar-refractivity contribution in [2.24, 2.45) is 0 Å². The van der Waals surface area contributed by atoms with Gasteiger partial charge in [0.2, 0.25) is 0 Å². The van der Waals surface area contributed by atoms with Gasteiger partial charge in [-0.05, 0) is 36.7 Å². The smallest absolute Gasteiger partial charge is 0.251 e. The maximum atomic E-state index is 12.2. The third-order valence-corrected chi connectivity index (χ3v) is 4.42. The number of hydrogen-bond donors (Lipinski definition) is 2. The number of carbonyl (C=O) groups excluding carboxylic acids is 1. The van der Waals surface area contributed by atoms with Gasteiger partial charge in [-0.25, -0.2) is 0 Å². The van der Waals surface area contributed by atoms with Gasteiger partial charge in [0.05, 0.1) is 12.1 Å². The monoisotopic (exact) mass is 320 g/mol. The third kappa shape index (κ3) is 3.16. The highest BCUT2D eigenvalue weighted by atomic mass is 16.1. The van der Waals surface area contributed by atoms with Crippen LogP contribution in [0.5, 0.6) is 0 Å². The average molecular weight is 320 g/mol. The summed E-state index contributed by atoms with van der Waals surface area (Å²) in [5, 5.41) is 12.0. The summed E-state index contributed by atoms with van der Waals surface area (Å²) in [6.45, 7) is 2.53. The minimum Gasteiger partial charge on any atom is -0.348 e. The van der Waals surface area contributed by atoms with Crippen LogP contribution < -0.4 is 10.6 Å².